The summed E-state index contributed by atoms with van der Waals surface area (Å²) in [6.07, 6.45) is 6.34. The van der Waals surface area contributed by atoms with E-state index in [-0.39, 0.29) is 5.60 Å². The number of hydrogen-bond donors (Lipinski definition) is 0. The monoisotopic (exact) mass is 298 g/mol. The van der Waals surface area contributed by atoms with Gasteiger partial charge < -0.3 is 4.74 Å². The summed E-state index contributed by atoms with van der Waals surface area (Å²) in [4.78, 5) is 0. The summed E-state index contributed by atoms with van der Waals surface area (Å²) in [5.41, 5.74) is 2.31. The lowest BCUT2D eigenvalue weighted by Gasteiger charge is -2.39. The highest BCUT2D eigenvalue weighted by Gasteiger charge is 2.42. The number of azo groups is 1. The molecule has 1 atom stereocenters. The second-order valence-electron chi connectivity index (χ2n) is 6.67. The zero-order valence-electron chi connectivity index (χ0n) is 12.5. The highest BCUT2D eigenvalue weighted by atomic mass is 16.5. The molecule has 3 nitrogen and oxygen atoms in total. The van der Waals surface area contributed by atoms with Crippen molar-refractivity contribution in [1.82, 2.24) is 0 Å². The van der Waals surface area contributed by atoms with Gasteiger partial charge in [0.15, 0.2) is 0 Å². The molecule has 3 heteroatoms. The maximum absolute atomic E-state index is 5.94. The second kappa shape index (κ2) is 3.87. The highest BCUT2D eigenvalue weighted by Crippen LogP contribution is 2.43. The van der Waals surface area contributed by atoms with Crippen molar-refractivity contribution in [2.24, 2.45) is 10.2 Å². The average molecular weight is 298 g/mol. The summed E-state index contributed by atoms with van der Waals surface area (Å²) >= 11 is 0. The van der Waals surface area contributed by atoms with Crippen LogP contribution in [0.4, 0.5) is 5.69 Å². The number of benzene rings is 3. The minimum atomic E-state index is -0.0258. The van der Waals surface area contributed by atoms with E-state index >= 15 is 0 Å². The molecule has 23 heavy (non-hydrogen) atoms. The van der Waals surface area contributed by atoms with Gasteiger partial charge in [-0.15, -0.1) is 0 Å². The number of hydrogen-bond acceptors (Lipinski definition) is 3. The molecule has 3 aliphatic rings. The second-order valence-corrected chi connectivity index (χ2v) is 6.67. The van der Waals surface area contributed by atoms with Gasteiger partial charge in [0.2, 0.25) is 0 Å². The summed E-state index contributed by atoms with van der Waals surface area (Å²) in [6, 6.07) is 13.3. The van der Waals surface area contributed by atoms with Crippen LogP contribution in [0.15, 0.2) is 46.6 Å². The Balaban J connectivity index is 1.74. The van der Waals surface area contributed by atoms with Crippen LogP contribution in [-0.2, 0) is 10.3 Å². The van der Waals surface area contributed by atoms with Crippen LogP contribution in [0.25, 0.3) is 33.8 Å². The SMILES string of the molecule is C1=c2cc3c(ccc4c5c(ccc43)[C@]3(CC=5)CCO3)cc2N=N1. The molecular formula is C20H14N2O. The van der Waals surface area contributed by atoms with Crippen LogP contribution in [0.2, 0.25) is 0 Å². The van der Waals surface area contributed by atoms with Crippen molar-refractivity contribution in [2.45, 2.75) is 18.4 Å². The molecular weight excluding hydrogens is 284 g/mol. The van der Waals surface area contributed by atoms with Gasteiger partial charge in [0.25, 0.3) is 0 Å². The van der Waals surface area contributed by atoms with E-state index in [2.05, 4.69) is 52.7 Å². The molecule has 1 saturated heterocycles. The number of ether oxygens (including phenoxy) is 1. The molecule has 0 N–H and O–H groups in total. The van der Waals surface area contributed by atoms with Gasteiger partial charge in [0, 0.05) is 11.6 Å². The van der Waals surface area contributed by atoms with E-state index in [1.807, 2.05) is 6.20 Å². The lowest BCUT2D eigenvalue weighted by atomic mass is 9.86. The first-order valence-electron chi connectivity index (χ1n) is 8.09. The molecule has 3 aromatic carbocycles. The van der Waals surface area contributed by atoms with Gasteiger partial charge in [-0.2, -0.15) is 10.2 Å². The van der Waals surface area contributed by atoms with Crippen molar-refractivity contribution < 1.29 is 4.74 Å². The third kappa shape index (κ3) is 1.39. The van der Waals surface area contributed by atoms with Gasteiger partial charge in [0.05, 0.1) is 24.1 Å². The Labute approximate surface area is 132 Å². The van der Waals surface area contributed by atoms with Gasteiger partial charge >= 0.3 is 0 Å². The van der Waals surface area contributed by atoms with Crippen LogP contribution in [0.5, 0.6) is 0 Å². The lowest BCUT2D eigenvalue weighted by Crippen LogP contribution is -2.40. The summed E-state index contributed by atoms with van der Waals surface area (Å²) in [5, 5.41) is 15.8. The average Bonchev–Trinajstić information content (AvgIpc) is 3.15. The topological polar surface area (TPSA) is 34.0 Å². The fourth-order valence-electron chi connectivity index (χ4n) is 4.28. The Hall–Kier alpha value is -2.52. The maximum atomic E-state index is 5.94. The predicted octanol–water partition coefficient (Wildman–Crippen LogP) is 3.63. The Morgan fingerprint density at radius 3 is 2.78 bits per heavy atom. The molecule has 2 heterocycles. The zero-order valence-corrected chi connectivity index (χ0v) is 12.5. The van der Waals surface area contributed by atoms with E-state index in [1.165, 1.54) is 32.3 Å². The third-order valence-electron chi connectivity index (χ3n) is 5.58. The van der Waals surface area contributed by atoms with Crippen molar-refractivity contribution in [3.05, 3.63) is 52.4 Å². The summed E-state index contributed by atoms with van der Waals surface area (Å²) < 4.78 is 5.94. The summed E-state index contributed by atoms with van der Waals surface area (Å²) in [5.74, 6) is 0. The molecule has 0 saturated carbocycles. The van der Waals surface area contributed by atoms with Crippen LogP contribution in [0.1, 0.15) is 18.4 Å². The maximum Gasteiger partial charge on any atom is 0.0993 e. The summed E-state index contributed by atoms with van der Waals surface area (Å²) in [6.45, 7) is 0.887. The van der Waals surface area contributed by atoms with Crippen molar-refractivity contribution in [2.75, 3.05) is 6.61 Å². The van der Waals surface area contributed by atoms with Crippen LogP contribution < -0.4 is 10.4 Å². The van der Waals surface area contributed by atoms with E-state index in [1.54, 1.807) is 0 Å². The Morgan fingerprint density at radius 2 is 1.91 bits per heavy atom. The number of nitrogens with zero attached hydrogens (tertiary/aromatic N) is 2. The molecule has 1 aliphatic carbocycles. The number of rotatable bonds is 0. The highest BCUT2D eigenvalue weighted by molar-refractivity contribution is 6.08. The normalized spacial score (nSPS) is 23.7. The molecule has 1 spiro atoms. The minimum absolute atomic E-state index is 0.0258. The standard InChI is InChI=1S/C20H14N2O/c1-2-14-15(17-9-13-11-21-22-19(13)10-12(1)17)3-4-18-16(14)5-6-20(18)7-8-23-20/h1-5,9-11H,6-8H2/t20-/m0/s1. The van der Waals surface area contributed by atoms with Crippen molar-refractivity contribution in [3.63, 3.8) is 0 Å². The van der Waals surface area contributed by atoms with E-state index in [0.29, 0.717) is 0 Å². The smallest absolute Gasteiger partial charge is 0.0993 e. The van der Waals surface area contributed by atoms with Crippen LogP contribution in [-0.4, -0.2) is 6.61 Å². The molecule has 0 unspecified atom stereocenters. The summed E-state index contributed by atoms with van der Waals surface area (Å²) in [7, 11) is 0. The largest absolute Gasteiger partial charge is 0.370 e. The van der Waals surface area contributed by atoms with E-state index in [9.17, 15) is 0 Å². The molecule has 0 amide bonds. The zero-order chi connectivity index (χ0) is 15.0. The Bertz CT molecular complexity index is 1170. The third-order valence-corrected chi connectivity index (χ3v) is 5.58. The van der Waals surface area contributed by atoms with E-state index < -0.39 is 0 Å². The molecule has 0 bridgehead atoms. The van der Waals surface area contributed by atoms with Gasteiger partial charge in [0.1, 0.15) is 0 Å². The van der Waals surface area contributed by atoms with Crippen molar-refractivity contribution in [1.29, 1.82) is 0 Å². The fourth-order valence-corrected chi connectivity index (χ4v) is 4.28. The molecule has 2 aliphatic heterocycles. The molecule has 110 valence electrons. The predicted molar refractivity (Wildman–Crippen MR) is 91.0 cm³/mol. The molecule has 6 rings (SSSR count). The fraction of sp³-hybridized carbons (Fsp3) is 0.200. The van der Waals surface area contributed by atoms with Crippen molar-refractivity contribution >= 4 is 39.5 Å². The first kappa shape index (κ1) is 12.0. The van der Waals surface area contributed by atoms with Gasteiger partial charge in [-0.25, -0.2) is 0 Å². The minimum Gasteiger partial charge on any atom is -0.370 e. The van der Waals surface area contributed by atoms with Crippen molar-refractivity contribution in [3.8, 4) is 0 Å². The van der Waals surface area contributed by atoms with E-state index in [0.717, 1.165) is 30.4 Å². The first-order valence-corrected chi connectivity index (χ1v) is 8.09. The number of fused-ring (bicyclic) bond motifs is 7. The van der Waals surface area contributed by atoms with Gasteiger partial charge in [-0.1, -0.05) is 30.3 Å². The van der Waals surface area contributed by atoms with Crippen LogP contribution in [0.3, 0.4) is 0 Å². The Kier molecular flexibility index (Phi) is 2.01. The van der Waals surface area contributed by atoms with Gasteiger partial charge in [-0.05, 0) is 50.9 Å². The molecule has 1 fully saturated rings. The molecule has 3 aromatic rings. The van der Waals surface area contributed by atoms with Crippen LogP contribution >= 0.6 is 0 Å². The van der Waals surface area contributed by atoms with Crippen LogP contribution in [0, 0.1) is 0 Å². The molecule has 0 radical (unpaired) electrons. The Morgan fingerprint density at radius 1 is 1.00 bits per heavy atom. The van der Waals surface area contributed by atoms with Gasteiger partial charge in [-0.3, -0.25) is 0 Å². The molecule has 0 aromatic heterocycles. The lowest BCUT2D eigenvalue weighted by molar-refractivity contribution is -0.147. The first-order chi connectivity index (χ1) is 11.3. The van der Waals surface area contributed by atoms with E-state index in [4.69, 9.17) is 4.74 Å². The quantitative estimate of drug-likeness (QED) is 0.584.